The van der Waals surface area contributed by atoms with Gasteiger partial charge in [0, 0.05) is 24.0 Å². The molecule has 9 heteroatoms. The molecule has 3 N–H and O–H groups in total. The molecule has 0 spiro atoms. The van der Waals surface area contributed by atoms with Crippen LogP contribution in [-0.2, 0) is 0 Å². The maximum atomic E-state index is 6.36. The fourth-order valence-corrected chi connectivity index (χ4v) is 4.37. The van der Waals surface area contributed by atoms with Gasteiger partial charge >= 0.3 is 0 Å². The zero-order chi connectivity index (χ0) is 23.9. The molecular weight excluding hydrogens is 450 g/mol. The van der Waals surface area contributed by atoms with Crippen LogP contribution in [0.15, 0.2) is 42.5 Å². The second-order valence-corrected chi connectivity index (χ2v) is 8.66. The maximum Gasteiger partial charge on any atom is 0.233 e. The van der Waals surface area contributed by atoms with Crippen molar-refractivity contribution in [2.24, 2.45) is 0 Å². The van der Waals surface area contributed by atoms with Gasteiger partial charge in [-0.25, -0.2) is 0 Å². The second kappa shape index (κ2) is 11.4. The van der Waals surface area contributed by atoms with Crippen molar-refractivity contribution in [1.29, 1.82) is 0 Å². The van der Waals surface area contributed by atoms with Gasteiger partial charge in [-0.1, -0.05) is 36.7 Å². The highest BCUT2D eigenvalue weighted by molar-refractivity contribution is 6.32. The zero-order valence-corrected chi connectivity index (χ0v) is 20.7. The first kappa shape index (κ1) is 24.0. The van der Waals surface area contributed by atoms with E-state index in [2.05, 4.69) is 42.7 Å². The van der Waals surface area contributed by atoms with E-state index >= 15 is 0 Å². The average Bonchev–Trinajstić information content (AvgIpc) is 3.29. The van der Waals surface area contributed by atoms with Crippen molar-refractivity contribution in [2.45, 2.75) is 39.7 Å². The number of ether oxygens (including phenoxy) is 1. The minimum Gasteiger partial charge on any atom is -0.492 e. The van der Waals surface area contributed by atoms with Crippen LogP contribution in [0.2, 0.25) is 5.02 Å². The van der Waals surface area contributed by atoms with Crippen molar-refractivity contribution >= 4 is 40.8 Å². The molecule has 0 saturated carbocycles. The van der Waals surface area contributed by atoms with E-state index in [0.717, 1.165) is 36.6 Å². The first-order valence-electron chi connectivity index (χ1n) is 11.8. The summed E-state index contributed by atoms with van der Waals surface area (Å²) in [6.45, 7) is 9.71. The normalized spacial score (nSPS) is 15.8. The van der Waals surface area contributed by atoms with E-state index in [-0.39, 0.29) is 0 Å². The molecule has 2 heterocycles. The first-order chi connectivity index (χ1) is 16.6. The van der Waals surface area contributed by atoms with Crippen LogP contribution in [-0.4, -0.2) is 52.1 Å². The fourth-order valence-electron chi connectivity index (χ4n) is 4.13. The van der Waals surface area contributed by atoms with Crippen LogP contribution < -0.4 is 20.7 Å². The Morgan fingerprint density at radius 1 is 1.03 bits per heavy atom. The van der Waals surface area contributed by atoms with Gasteiger partial charge in [0.25, 0.3) is 0 Å². The summed E-state index contributed by atoms with van der Waals surface area (Å²) in [5.41, 5.74) is 2.82. The SMILES string of the molecule is CCOc1ccc(Nc2nc(NCC3CCCN3CC)nc(Nc3ccccc3C)n2)cc1Cl. The Morgan fingerprint density at radius 2 is 1.79 bits per heavy atom. The molecule has 180 valence electrons. The second-order valence-electron chi connectivity index (χ2n) is 8.25. The van der Waals surface area contributed by atoms with Gasteiger partial charge in [-0.15, -0.1) is 0 Å². The summed E-state index contributed by atoms with van der Waals surface area (Å²) in [4.78, 5) is 16.3. The third-order valence-electron chi connectivity index (χ3n) is 5.92. The maximum absolute atomic E-state index is 6.36. The van der Waals surface area contributed by atoms with Gasteiger partial charge in [0.1, 0.15) is 5.75 Å². The Bertz CT molecular complexity index is 1110. The van der Waals surface area contributed by atoms with Crippen molar-refractivity contribution in [3.8, 4) is 5.75 Å². The van der Waals surface area contributed by atoms with Crippen molar-refractivity contribution in [3.63, 3.8) is 0 Å². The van der Waals surface area contributed by atoms with E-state index in [0.29, 0.717) is 41.3 Å². The molecule has 1 saturated heterocycles. The molecule has 3 aromatic rings. The third kappa shape index (κ3) is 6.07. The van der Waals surface area contributed by atoms with Gasteiger partial charge in [0.05, 0.1) is 11.6 Å². The molecule has 1 aliphatic rings. The molecule has 8 nitrogen and oxygen atoms in total. The van der Waals surface area contributed by atoms with E-state index in [1.165, 1.54) is 12.8 Å². The summed E-state index contributed by atoms with van der Waals surface area (Å²) in [7, 11) is 0. The lowest BCUT2D eigenvalue weighted by molar-refractivity contribution is 0.277. The predicted octanol–water partition coefficient (Wildman–Crippen LogP) is 5.62. The van der Waals surface area contributed by atoms with Gasteiger partial charge in [-0.05, 0) is 69.6 Å². The molecule has 34 heavy (non-hydrogen) atoms. The number of halogens is 1. The van der Waals surface area contributed by atoms with E-state index in [4.69, 9.17) is 16.3 Å². The quantitative estimate of drug-likeness (QED) is 0.344. The number of aryl methyl sites for hydroxylation is 1. The Balaban J connectivity index is 1.57. The van der Waals surface area contributed by atoms with Crippen LogP contribution in [0.1, 0.15) is 32.3 Å². The number of benzene rings is 2. The molecule has 0 aliphatic carbocycles. The summed E-state index contributed by atoms with van der Waals surface area (Å²) < 4.78 is 5.53. The smallest absolute Gasteiger partial charge is 0.233 e. The third-order valence-corrected chi connectivity index (χ3v) is 6.21. The molecule has 1 aromatic heterocycles. The molecule has 0 amide bonds. The van der Waals surface area contributed by atoms with E-state index < -0.39 is 0 Å². The monoisotopic (exact) mass is 481 g/mol. The average molecular weight is 482 g/mol. The Kier molecular flexibility index (Phi) is 8.03. The molecule has 0 radical (unpaired) electrons. The molecule has 2 aromatic carbocycles. The molecule has 1 fully saturated rings. The highest BCUT2D eigenvalue weighted by Gasteiger charge is 2.23. The standard InChI is InChI=1S/C25H32ClN7O/c1-4-33-14-8-10-19(33)16-27-23-30-24(28-18-12-13-22(34-5-2)20(26)15-18)32-25(31-23)29-21-11-7-6-9-17(21)3/h6-7,9,11-13,15,19H,4-5,8,10,14,16H2,1-3H3,(H3,27,28,29,30,31,32). The minimum absolute atomic E-state index is 0.424. The van der Waals surface area contributed by atoms with Gasteiger partial charge < -0.3 is 20.7 Å². The minimum atomic E-state index is 0.424. The lowest BCUT2D eigenvalue weighted by Crippen LogP contribution is -2.35. The number of para-hydroxylation sites is 1. The van der Waals surface area contributed by atoms with Crippen LogP contribution >= 0.6 is 11.6 Å². The predicted molar refractivity (Wildman–Crippen MR) is 139 cm³/mol. The number of rotatable bonds is 10. The van der Waals surface area contributed by atoms with Crippen molar-refractivity contribution in [2.75, 3.05) is 42.2 Å². The van der Waals surface area contributed by atoms with Crippen LogP contribution in [0.5, 0.6) is 5.75 Å². The van der Waals surface area contributed by atoms with Crippen molar-refractivity contribution in [1.82, 2.24) is 19.9 Å². The van der Waals surface area contributed by atoms with Crippen LogP contribution in [0.25, 0.3) is 0 Å². The topological polar surface area (TPSA) is 87.2 Å². The molecule has 1 atom stereocenters. The summed E-state index contributed by atoms with van der Waals surface area (Å²) in [6.07, 6.45) is 2.40. The van der Waals surface area contributed by atoms with E-state index in [9.17, 15) is 0 Å². The van der Waals surface area contributed by atoms with Crippen LogP contribution in [0.3, 0.4) is 0 Å². The lowest BCUT2D eigenvalue weighted by atomic mass is 10.2. The van der Waals surface area contributed by atoms with Crippen LogP contribution in [0, 0.1) is 6.92 Å². The zero-order valence-electron chi connectivity index (χ0n) is 19.9. The largest absolute Gasteiger partial charge is 0.492 e. The van der Waals surface area contributed by atoms with E-state index in [1.807, 2.05) is 50.2 Å². The number of hydrogen-bond acceptors (Lipinski definition) is 8. The van der Waals surface area contributed by atoms with Gasteiger partial charge in [0.2, 0.25) is 17.8 Å². The highest BCUT2D eigenvalue weighted by atomic mass is 35.5. The summed E-state index contributed by atoms with van der Waals surface area (Å²) >= 11 is 6.36. The summed E-state index contributed by atoms with van der Waals surface area (Å²) in [6, 6.07) is 14.0. The van der Waals surface area contributed by atoms with Crippen molar-refractivity contribution in [3.05, 3.63) is 53.1 Å². The van der Waals surface area contributed by atoms with E-state index in [1.54, 1.807) is 6.07 Å². The molecule has 4 rings (SSSR count). The fraction of sp³-hybridized carbons (Fsp3) is 0.400. The first-order valence-corrected chi connectivity index (χ1v) is 12.2. The number of likely N-dealkylation sites (tertiary alicyclic amines) is 1. The molecule has 0 bridgehead atoms. The molecule has 1 unspecified atom stereocenters. The lowest BCUT2D eigenvalue weighted by Gasteiger charge is -2.23. The Labute approximate surface area is 206 Å². The van der Waals surface area contributed by atoms with Gasteiger partial charge in [-0.2, -0.15) is 15.0 Å². The number of nitrogens with one attached hydrogen (secondary N) is 3. The Hall–Kier alpha value is -3.10. The van der Waals surface area contributed by atoms with Crippen molar-refractivity contribution < 1.29 is 4.74 Å². The molecule has 1 aliphatic heterocycles. The van der Waals surface area contributed by atoms with Gasteiger partial charge in [0.15, 0.2) is 0 Å². The van der Waals surface area contributed by atoms with Gasteiger partial charge in [-0.3, -0.25) is 4.90 Å². The van der Waals surface area contributed by atoms with Crippen LogP contribution in [0.4, 0.5) is 29.2 Å². The number of anilines is 5. The summed E-state index contributed by atoms with van der Waals surface area (Å²) in [5.74, 6) is 2.05. The highest BCUT2D eigenvalue weighted by Crippen LogP contribution is 2.29. The number of hydrogen-bond donors (Lipinski definition) is 3. The Morgan fingerprint density at radius 3 is 2.53 bits per heavy atom. The number of aromatic nitrogens is 3. The molecular formula is C25H32ClN7O. The summed E-state index contributed by atoms with van der Waals surface area (Å²) in [5, 5.41) is 10.5. The number of likely N-dealkylation sites (N-methyl/N-ethyl adjacent to an activating group) is 1. The number of nitrogens with zero attached hydrogens (tertiary/aromatic N) is 4.